The molecular weight excluding hydrogens is 172 g/mol. The third-order valence-corrected chi connectivity index (χ3v) is 2.90. The minimum atomic E-state index is 0.567. The molecule has 1 aliphatic rings. The second-order valence-electron chi connectivity index (χ2n) is 3.89. The van der Waals surface area contributed by atoms with Gasteiger partial charge in [-0.05, 0) is 43.5 Å². The molecule has 0 spiro atoms. The van der Waals surface area contributed by atoms with Gasteiger partial charge in [0.2, 0.25) is 0 Å². The molecule has 1 atom stereocenters. The zero-order valence-electron chi connectivity index (χ0n) is 8.50. The molecule has 1 aliphatic heterocycles. The summed E-state index contributed by atoms with van der Waals surface area (Å²) in [6.07, 6.45) is 3.55. The molecule has 0 amide bonds. The first kappa shape index (κ1) is 9.69. The summed E-state index contributed by atoms with van der Waals surface area (Å²) in [4.78, 5) is 0. The van der Waals surface area contributed by atoms with E-state index in [1.807, 2.05) is 0 Å². The third-order valence-electron chi connectivity index (χ3n) is 2.90. The molecule has 0 radical (unpaired) electrons. The van der Waals surface area contributed by atoms with Crippen molar-refractivity contribution in [2.24, 2.45) is 5.73 Å². The van der Waals surface area contributed by atoms with E-state index in [0.717, 1.165) is 19.5 Å². The Balaban J connectivity index is 2.21. The quantitative estimate of drug-likeness (QED) is 0.760. The number of hydrogen-bond acceptors (Lipinski definition) is 2. The van der Waals surface area contributed by atoms with Crippen LogP contribution >= 0.6 is 0 Å². The molecule has 2 heteroatoms. The fourth-order valence-electron chi connectivity index (χ4n) is 2.21. The average molecular weight is 190 g/mol. The Hall–Kier alpha value is -0.860. The minimum Gasteiger partial charge on any atom is -0.330 e. The van der Waals surface area contributed by atoms with E-state index in [4.69, 9.17) is 5.73 Å². The summed E-state index contributed by atoms with van der Waals surface area (Å²) in [5.41, 5.74) is 8.47. The Bertz CT molecular complexity index is 290. The van der Waals surface area contributed by atoms with Crippen LogP contribution in [0.2, 0.25) is 0 Å². The van der Waals surface area contributed by atoms with Gasteiger partial charge in [0, 0.05) is 6.04 Å². The van der Waals surface area contributed by atoms with Crippen molar-refractivity contribution in [2.45, 2.75) is 25.3 Å². The van der Waals surface area contributed by atoms with Gasteiger partial charge in [0.15, 0.2) is 0 Å². The Morgan fingerprint density at radius 2 is 2.21 bits per heavy atom. The molecule has 1 aromatic carbocycles. The van der Waals surface area contributed by atoms with Crippen LogP contribution in [0.25, 0.3) is 0 Å². The molecule has 2 rings (SSSR count). The van der Waals surface area contributed by atoms with Crippen LogP contribution in [0, 0.1) is 0 Å². The van der Waals surface area contributed by atoms with Gasteiger partial charge in [-0.25, -0.2) is 0 Å². The zero-order chi connectivity index (χ0) is 9.80. The van der Waals surface area contributed by atoms with Gasteiger partial charge in [-0.2, -0.15) is 0 Å². The smallest absolute Gasteiger partial charge is 0.0323 e. The van der Waals surface area contributed by atoms with Crippen LogP contribution in [0.4, 0.5) is 0 Å². The summed E-state index contributed by atoms with van der Waals surface area (Å²) < 4.78 is 0. The fourth-order valence-corrected chi connectivity index (χ4v) is 2.21. The van der Waals surface area contributed by atoms with E-state index in [-0.39, 0.29) is 0 Å². The largest absolute Gasteiger partial charge is 0.330 e. The van der Waals surface area contributed by atoms with Crippen molar-refractivity contribution < 1.29 is 0 Å². The molecule has 2 nitrogen and oxygen atoms in total. The highest BCUT2D eigenvalue weighted by molar-refractivity contribution is 5.30. The van der Waals surface area contributed by atoms with Crippen LogP contribution in [-0.4, -0.2) is 13.1 Å². The molecule has 1 saturated heterocycles. The Morgan fingerprint density at radius 3 is 2.93 bits per heavy atom. The van der Waals surface area contributed by atoms with Gasteiger partial charge in [0.05, 0.1) is 0 Å². The second kappa shape index (κ2) is 4.58. The minimum absolute atomic E-state index is 0.567. The monoisotopic (exact) mass is 190 g/mol. The number of hydrogen-bond donors (Lipinski definition) is 2. The first-order valence-electron chi connectivity index (χ1n) is 5.43. The molecule has 0 aliphatic carbocycles. The van der Waals surface area contributed by atoms with Crippen molar-refractivity contribution >= 4 is 0 Å². The molecule has 1 heterocycles. The second-order valence-corrected chi connectivity index (χ2v) is 3.89. The van der Waals surface area contributed by atoms with Gasteiger partial charge < -0.3 is 11.1 Å². The van der Waals surface area contributed by atoms with Crippen molar-refractivity contribution in [1.82, 2.24) is 5.32 Å². The number of benzene rings is 1. The van der Waals surface area contributed by atoms with Crippen LogP contribution < -0.4 is 11.1 Å². The van der Waals surface area contributed by atoms with Crippen LogP contribution in [0.1, 0.15) is 30.0 Å². The number of nitrogens with two attached hydrogens (primary N) is 1. The molecule has 0 bridgehead atoms. The van der Waals surface area contributed by atoms with E-state index in [0.29, 0.717) is 6.04 Å². The summed E-state index contributed by atoms with van der Waals surface area (Å²) in [6, 6.07) is 9.22. The first-order valence-corrected chi connectivity index (χ1v) is 5.43. The lowest BCUT2D eigenvalue weighted by atomic mass is 9.97. The highest BCUT2D eigenvalue weighted by Gasteiger charge is 2.17. The molecule has 0 unspecified atom stereocenters. The molecule has 1 aromatic rings. The highest BCUT2D eigenvalue weighted by Crippen LogP contribution is 2.25. The predicted octanol–water partition coefficient (Wildman–Crippen LogP) is 1.61. The van der Waals surface area contributed by atoms with Crippen molar-refractivity contribution in [3.63, 3.8) is 0 Å². The van der Waals surface area contributed by atoms with E-state index in [1.165, 1.54) is 24.0 Å². The van der Waals surface area contributed by atoms with Crippen LogP contribution in [-0.2, 0) is 6.42 Å². The normalized spacial score (nSPS) is 21.4. The lowest BCUT2D eigenvalue weighted by Crippen LogP contribution is -2.15. The van der Waals surface area contributed by atoms with Gasteiger partial charge in [-0.1, -0.05) is 24.3 Å². The Morgan fingerprint density at radius 1 is 1.36 bits per heavy atom. The van der Waals surface area contributed by atoms with E-state index >= 15 is 0 Å². The maximum absolute atomic E-state index is 5.61. The van der Waals surface area contributed by atoms with Crippen molar-refractivity contribution in [3.05, 3.63) is 35.4 Å². The van der Waals surface area contributed by atoms with Gasteiger partial charge in [-0.15, -0.1) is 0 Å². The molecule has 3 N–H and O–H groups in total. The molecule has 0 saturated carbocycles. The van der Waals surface area contributed by atoms with Crippen molar-refractivity contribution in [1.29, 1.82) is 0 Å². The van der Waals surface area contributed by atoms with Crippen LogP contribution in [0.3, 0.4) is 0 Å². The van der Waals surface area contributed by atoms with Gasteiger partial charge in [0.1, 0.15) is 0 Å². The lowest BCUT2D eigenvalue weighted by molar-refractivity contribution is 0.639. The van der Waals surface area contributed by atoms with E-state index < -0.39 is 0 Å². The summed E-state index contributed by atoms with van der Waals surface area (Å²) in [7, 11) is 0. The summed E-state index contributed by atoms with van der Waals surface area (Å²) in [5.74, 6) is 0. The van der Waals surface area contributed by atoms with Gasteiger partial charge in [0.25, 0.3) is 0 Å². The molecule has 0 aromatic heterocycles. The van der Waals surface area contributed by atoms with Gasteiger partial charge in [-0.3, -0.25) is 0 Å². The Labute approximate surface area is 85.5 Å². The van der Waals surface area contributed by atoms with Crippen molar-refractivity contribution in [3.8, 4) is 0 Å². The summed E-state index contributed by atoms with van der Waals surface area (Å²) >= 11 is 0. The average Bonchev–Trinajstić information content (AvgIpc) is 2.72. The van der Waals surface area contributed by atoms with Gasteiger partial charge >= 0.3 is 0 Å². The van der Waals surface area contributed by atoms with Crippen LogP contribution in [0.5, 0.6) is 0 Å². The SMILES string of the molecule is NCCc1ccccc1[C@H]1CCCN1. The summed E-state index contributed by atoms with van der Waals surface area (Å²) in [5, 5.41) is 3.53. The standard InChI is InChI=1S/C12H18N2/c13-8-7-10-4-1-2-5-11(10)12-6-3-9-14-12/h1-2,4-5,12,14H,3,6-9,13H2/t12-/m1/s1. The van der Waals surface area contributed by atoms with Crippen LogP contribution in [0.15, 0.2) is 24.3 Å². The number of nitrogens with one attached hydrogen (secondary N) is 1. The third kappa shape index (κ3) is 1.97. The maximum Gasteiger partial charge on any atom is 0.0323 e. The van der Waals surface area contributed by atoms with Crippen molar-refractivity contribution in [2.75, 3.05) is 13.1 Å². The summed E-state index contributed by atoms with van der Waals surface area (Å²) in [6.45, 7) is 1.89. The number of rotatable bonds is 3. The zero-order valence-corrected chi connectivity index (χ0v) is 8.50. The molecule has 76 valence electrons. The molecule has 14 heavy (non-hydrogen) atoms. The lowest BCUT2D eigenvalue weighted by Gasteiger charge is -2.15. The Kier molecular flexibility index (Phi) is 3.17. The maximum atomic E-state index is 5.61. The molecule has 1 fully saturated rings. The fraction of sp³-hybridized carbons (Fsp3) is 0.500. The highest BCUT2D eigenvalue weighted by atomic mass is 14.9. The van der Waals surface area contributed by atoms with E-state index in [9.17, 15) is 0 Å². The van der Waals surface area contributed by atoms with E-state index in [1.54, 1.807) is 0 Å². The molecular formula is C12H18N2. The predicted molar refractivity (Wildman–Crippen MR) is 59.2 cm³/mol. The van der Waals surface area contributed by atoms with E-state index in [2.05, 4.69) is 29.6 Å². The topological polar surface area (TPSA) is 38.0 Å². The first-order chi connectivity index (χ1) is 6.92.